The van der Waals surface area contributed by atoms with Gasteiger partial charge in [-0.1, -0.05) is 0 Å². The molecule has 0 spiro atoms. The molecule has 5 heteroatoms. The number of hydrogen-bond acceptors (Lipinski definition) is 2. The van der Waals surface area contributed by atoms with Crippen LogP contribution in [0.4, 0.5) is 10.1 Å². The Bertz CT molecular complexity index is 836. The molecule has 1 aromatic heterocycles. The van der Waals surface area contributed by atoms with Gasteiger partial charge in [-0.15, -0.1) is 0 Å². The van der Waals surface area contributed by atoms with E-state index in [0.29, 0.717) is 10.9 Å². The fourth-order valence-electron chi connectivity index (χ4n) is 2.55. The first-order valence-corrected chi connectivity index (χ1v) is 5.84. The van der Waals surface area contributed by atoms with Crippen LogP contribution in [0.15, 0.2) is 24.3 Å². The molecule has 0 aliphatic rings. The van der Waals surface area contributed by atoms with E-state index >= 15 is 0 Å². The van der Waals surface area contributed by atoms with Crippen molar-refractivity contribution in [2.45, 2.75) is 13.8 Å². The van der Waals surface area contributed by atoms with Crippen molar-refractivity contribution in [2.24, 2.45) is 0 Å². The Morgan fingerprint density at radius 3 is 2.68 bits per heavy atom. The van der Waals surface area contributed by atoms with Crippen molar-refractivity contribution in [2.75, 3.05) is 0 Å². The fraction of sp³-hybridized carbons (Fsp3) is 0.143. The molecule has 1 N–H and O–H groups in total. The van der Waals surface area contributed by atoms with Gasteiger partial charge < -0.3 is 4.98 Å². The van der Waals surface area contributed by atoms with E-state index in [1.807, 2.05) is 0 Å². The molecule has 0 unspecified atom stereocenters. The van der Waals surface area contributed by atoms with Crippen LogP contribution in [0.5, 0.6) is 0 Å². The highest BCUT2D eigenvalue weighted by molar-refractivity contribution is 6.11. The topological polar surface area (TPSA) is 58.9 Å². The van der Waals surface area contributed by atoms with Crippen LogP contribution in [0, 0.1) is 29.8 Å². The van der Waals surface area contributed by atoms with E-state index in [1.54, 1.807) is 26.0 Å². The number of benzene rings is 2. The molecular weight excluding hydrogens is 247 g/mol. The summed E-state index contributed by atoms with van der Waals surface area (Å²) >= 11 is 0. The fourth-order valence-corrected chi connectivity index (χ4v) is 2.55. The van der Waals surface area contributed by atoms with Crippen molar-refractivity contribution in [1.29, 1.82) is 0 Å². The minimum absolute atomic E-state index is 0.0650. The van der Waals surface area contributed by atoms with Crippen molar-refractivity contribution in [1.82, 2.24) is 4.98 Å². The van der Waals surface area contributed by atoms with Crippen LogP contribution < -0.4 is 0 Å². The Morgan fingerprint density at radius 2 is 2.00 bits per heavy atom. The minimum Gasteiger partial charge on any atom is -0.354 e. The van der Waals surface area contributed by atoms with Gasteiger partial charge in [0, 0.05) is 27.9 Å². The number of aromatic amines is 1. The molecular formula is C14H11FN2O2. The number of nitro groups is 1. The molecule has 0 bridgehead atoms. The second kappa shape index (κ2) is 3.78. The lowest BCUT2D eigenvalue weighted by molar-refractivity contribution is -0.385. The van der Waals surface area contributed by atoms with Crippen molar-refractivity contribution in [3.05, 3.63) is 51.3 Å². The van der Waals surface area contributed by atoms with Crippen LogP contribution in [0.25, 0.3) is 21.8 Å². The lowest BCUT2D eigenvalue weighted by atomic mass is 10.0. The number of aromatic nitrogens is 1. The van der Waals surface area contributed by atoms with E-state index in [4.69, 9.17) is 0 Å². The molecule has 0 atom stereocenters. The Kier molecular flexibility index (Phi) is 2.32. The van der Waals surface area contributed by atoms with Gasteiger partial charge in [0.1, 0.15) is 5.82 Å². The molecule has 1 heterocycles. The smallest absolute Gasteiger partial charge is 0.273 e. The molecule has 3 aromatic rings. The predicted octanol–water partition coefficient (Wildman–Crippen LogP) is 3.99. The van der Waals surface area contributed by atoms with Gasteiger partial charge in [-0.3, -0.25) is 10.1 Å². The number of nitro benzene ring substituents is 1. The van der Waals surface area contributed by atoms with Gasteiger partial charge in [0.15, 0.2) is 0 Å². The van der Waals surface area contributed by atoms with E-state index in [1.165, 1.54) is 12.1 Å². The number of aryl methyl sites for hydroxylation is 2. The van der Waals surface area contributed by atoms with E-state index < -0.39 is 4.92 Å². The lowest BCUT2D eigenvalue weighted by Gasteiger charge is -2.02. The number of rotatable bonds is 1. The molecule has 0 aliphatic heterocycles. The normalized spacial score (nSPS) is 11.3. The standard InChI is InChI=1S/C14H11FN2O2/c1-7-5-12(17(18)19)8(2)13-10-6-9(15)3-4-11(10)16-14(7)13/h3-6,16H,1-2H3. The lowest BCUT2D eigenvalue weighted by Crippen LogP contribution is -1.93. The van der Waals surface area contributed by atoms with Gasteiger partial charge in [-0.25, -0.2) is 4.39 Å². The Balaban J connectivity index is 2.57. The highest BCUT2D eigenvalue weighted by atomic mass is 19.1. The average molecular weight is 258 g/mol. The SMILES string of the molecule is Cc1cc([N+](=O)[O-])c(C)c2c1[nH]c1ccc(F)cc12. The zero-order valence-corrected chi connectivity index (χ0v) is 10.5. The van der Waals surface area contributed by atoms with Crippen molar-refractivity contribution in [3.8, 4) is 0 Å². The van der Waals surface area contributed by atoms with Gasteiger partial charge in [-0.2, -0.15) is 0 Å². The van der Waals surface area contributed by atoms with Crippen LogP contribution in [0.2, 0.25) is 0 Å². The van der Waals surface area contributed by atoms with Gasteiger partial charge in [0.2, 0.25) is 0 Å². The van der Waals surface area contributed by atoms with Crippen LogP contribution in [-0.2, 0) is 0 Å². The zero-order valence-electron chi connectivity index (χ0n) is 10.5. The van der Waals surface area contributed by atoms with Gasteiger partial charge in [0.05, 0.1) is 10.4 Å². The predicted molar refractivity (Wildman–Crippen MR) is 71.9 cm³/mol. The van der Waals surface area contributed by atoms with E-state index in [0.717, 1.165) is 22.0 Å². The molecule has 19 heavy (non-hydrogen) atoms. The highest BCUT2D eigenvalue weighted by Gasteiger charge is 2.19. The second-order valence-corrected chi connectivity index (χ2v) is 4.66. The third-order valence-corrected chi connectivity index (χ3v) is 3.46. The number of halogens is 1. The minimum atomic E-state index is -0.403. The zero-order chi connectivity index (χ0) is 13.7. The van der Waals surface area contributed by atoms with Crippen LogP contribution in [0.3, 0.4) is 0 Å². The molecule has 0 radical (unpaired) electrons. The molecule has 0 saturated heterocycles. The largest absolute Gasteiger partial charge is 0.354 e. The van der Waals surface area contributed by atoms with Crippen molar-refractivity contribution in [3.63, 3.8) is 0 Å². The Hall–Kier alpha value is -2.43. The second-order valence-electron chi connectivity index (χ2n) is 4.66. The van der Waals surface area contributed by atoms with Gasteiger partial charge in [0.25, 0.3) is 5.69 Å². The van der Waals surface area contributed by atoms with E-state index in [9.17, 15) is 14.5 Å². The first-order chi connectivity index (χ1) is 8.99. The summed E-state index contributed by atoms with van der Waals surface area (Å²) in [6.45, 7) is 3.50. The number of nitrogens with one attached hydrogen (secondary N) is 1. The first-order valence-electron chi connectivity index (χ1n) is 5.84. The van der Waals surface area contributed by atoms with Crippen molar-refractivity contribution < 1.29 is 9.31 Å². The van der Waals surface area contributed by atoms with Crippen LogP contribution in [-0.4, -0.2) is 9.91 Å². The molecule has 96 valence electrons. The Labute approximate surface area is 108 Å². The molecule has 4 nitrogen and oxygen atoms in total. The number of fused-ring (bicyclic) bond motifs is 3. The maximum absolute atomic E-state index is 13.4. The summed E-state index contributed by atoms with van der Waals surface area (Å²) in [5, 5.41) is 12.5. The third-order valence-electron chi connectivity index (χ3n) is 3.46. The summed E-state index contributed by atoms with van der Waals surface area (Å²) in [5.74, 6) is -0.350. The van der Waals surface area contributed by atoms with E-state index in [2.05, 4.69) is 4.98 Å². The monoisotopic (exact) mass is 258 g/mol. The summed E-state index contributed by atoms with van der Waals surface area (Å²) in [7, 11) is 0. The Morgan fingerprint density at radius 1 is 1.26 bits per heavy atom. The molecule has 0 saturated carbocycles. The summed E-state index contributed by atoms with van der Waals surface area (Å²) in [4.78, 5) is 13.9. The van der Waals surface area contributed by atoms with Gasteiger partial charge in [-0.05, 0) is 37.6 Å². The first kappa shape index (κ1) is 11.6. The highest BCUT2D eigenvalue weighted by Crippen LogP contribution is 2.35. The summed E-state index contributed by atoms with van der Waals surface area (Å²) in [6, 6.07) is 5.97. The van der Waals surface area contributed by atoms with Crippen molar-refractivity contribution >= 4 is 27.5 Å². The number of hydrogen-bond donors (Lipinski definition) is 1. The molecule has 0 aliphatic carbocycles. The molecule has 3 rings (SSSR count). The molecule has 2 aromatic carbocycles. The summed E-state index contributed by atoms with van der Waals surface area (Å²) < 4.78 is 13.4. The molecule has 0 fully saturated rings. The van der Waals surface area contributed by atoms with Crippen LogP contribution in [0.1, 0.15) is 11.1 Å². The van der Waals surface area contributed by atoms with Gasteiger partial charge >= 0.3 is 0 Å². The quantitative estimate of drug-likeness (QED) is 0.530. The average Bonchev–Trinajstić information content (AvgIpc) is 2.72. The third kappa shape index (κ3) is 1.58. The maximum atomic E-state index is 13.4. The summed E-state index contributed by atoms with van der Waals surface area (Å²) in [5.41, 5.74) is 3.01. The molecule has 0 amide bonds. The summed E-state index contributed by atoms with van der Waals surface area (Å²) in [6.07, 6.45) is 0. The van der Waals surface area contributed by atoms with E-state index in [-0.39, 0.29) is 11.5 Å². The van der Waals surface area contributed by atoms with Crippen LogP contribution >= 0.6 is 0 Å². The number of H-pyrrole nitrogens is 1. The maximum Gasteiger partial charge on any atom is 0.273 e. The number of nitrogens with zero attached hydrogens (tertiary/aromatic N) is 1.